The smallest absolute Gasteiger partial charge is 0.138 e. The first-order chi connectivity index (χ1) is 13.2. The second kappa shape index (κ2) is 7.60. The van der Waals surface area contributed by atoms with E-state index in [1.54, 1.807) is 18.1 Å². The van der Waals surface area contributed by atoms with E-state index in [4.69, 9.17) is 4.74 Å². The van der Waals surface area contributed by atoms with Gasteiger partial charge in [0.2, 0.25) is 0 Å². The summed E-state index contributed by atoms with van der Waals surface area (Å²) in [6.45, 7) is 2.99. The molecule has 0 aliphatic carbocycles. The molecule has 0 aliphatic rings. The van der Waals surface area contributed by atoms with E-state index in [2.05, 4.69) is 76.9 Å². The normalized spacial score (nSPS) is 12.2. The summed E-state index contributed by atoms with van der Waals surface area (Å²) in [6.07, 6.45) is 3.24. The first-order valence-electron chi connectivity index (χ1n) is 8.98. The van der Waals surface area contributed by atoms with Crippen molar-refractivity contribution in [2.45, 2.75) is 19.5 Å². The molecule has 0 unspecified atom stereocenters. The predicted molar refractivity (Wildman–Crippen MR) is 107 cm³/mol. The zero-order valence-electron chi connectivity index (χ0n) is 15.5. The Morgan fingerprint density at radius 1 is 1.00 bits per heavy atom. The van der Waals surface area contributed by atoms with Crippen molar-refractivity contribution in [1.82, 2.24) is 20.1 Å². The maximum atomic E-state index is 5.29. The third-order valence-corrected chi connectivity index (χ3v) is 4.80. The van der Waals surface area contributed by atoms with Gasteiger partial charge in [0.15, 0.2) is 0 Å². The Hall–Kier alpha value is -3.18. The molecule has 0 fully saturated rings. The Balaban J connectivity index is 1.42. The maximum absolute atomic E-state index is 5.29. The largest absolute Gasteiger partial charge is 0.497 e. The monoisotopic (exact) mass is 358 g/mol. The van der Waals surface area contributed by atoms with Crippen molar-refractivity contribution in [2.75, 3.05) is 7.11 Å². The van der Waals surface area contributed by atoms with Crippen LogP contribution in [0.2, 0.25) is 0 Å². The molecule has 1 N–H and O–H groups in total. The Morgan fingerprint density at radius 3 is 2.52 bits per heavy atom. The summed E-state index contributed by atoms with van der Waals surface area (Å²) in [5, 5.41) is 10.2. The van der Waals surface area contributed by atoms with Crippen molar-refractivity contribution in [2.24, 2.45) is 0 Å². The lowest BCUT2D eigenvalue weighted by molar-refractivity contribution is 0.415. The molecule has 0 spiro atoms. The minimum absolute atomic E-state index is 0.251. The summed E-state index contributed by atoms with van der Waals surface area (Å²) in [6, 6.07) is 21.3. The second-order valence-corrected chi connectivity index (χ2v) is 6.58. The third kappa shape index (κ3) is 3.83. The molecule has 5 heteroatoms. The van der Waals surface area contributed by atoms with Gasteiger partial charge in [0.05, 0.1) is 12.8 Å². The number of hydrogen-bond donors (Lipinski definition) is 1. The Morgan fingerprint density at radius 2 is 1.78 bits per heavy atom. The van der Waals surface area contributed by atoms with Crippen LogP contribution in [0.5, 0.6) is 5.75 Å². The van der Waals surface area contributed by atoms with E-state index >= 15 is 0 Å². The summed E-state index contributed by atoms with van der Waals surface area (Å²) in [5.74, 6) is 0.885. The van der Waals surface area contributed by atoms with Crippen LogP contribution in [0.25, 0.3) is 16.5 Å². The molecule has 0 bridgehead atoms. The highest BCUT2D eigenvalue weighted by atomic mass is 16.5. The van der Waals surface area contributed by atoms with E-state index in [0.717, 1.165) is 18.0 Å². The molecule has 0 radical (unpaired) electrons. The van der Waals surface area contributed by atoms with Crippen LogP contribution in [0.15, 0.2) is 73.3 Å². The number of aromatic nitrogens is 3. The number of fused-ring (bicyclic) bond motifs is 1. The van der Waals surface area contributed by atoms with Gasteiger partial charge in [-0.25, -0.2) is 9.67 Å². The van der Waals surface area contributed by atoms with Crippen LogP contribution in [0, 0.1) is 0 Å². The summed E-state index contributed by atoms with van der Waals surface area (Å²) in [5.41, 5.74) is 3.51. The molecule has 1 aromatic heterocycles. The maximum Gasteiger partial charge on any atom is 0.138 e. The highest BCUT2D eigenvalue weighted by Gasteiger charge is 2.06. The lowest BCUT2D eigenvalue weighted by atomic mass is 10.1. The number of methoxy groups -OCH3 is 1. The van der Waals surface area contributed by atoms with Gasteiger partial charge >= 0.3 is 0 Å². The van der Waals surface area contributed by atoms with Gasteiger partial charge in [0.1, 0.15) is 18.4 Å². The van der Waals surface area contributed by atoms with E-state index < -0.39 is 0 Å². The molecule has 4 aromatic rings. The lowest BCUT2D eigenvalue weighted by Gasteiger charge is -2.15. The molecule has 0 saturated carbocycles. The fourth-order valence-electron chi connectivity index (χ4n) is 3.16. The van der Waals surface area contributed by atoms with Crippen molar-refractivity contribution in [3.8, 4) is 11.4 Å². The van der Waals surface area contributed by atoms with Crippen LogP contribution >= 0.6 is 0 Å². The molecule has 5 nitrogen and oxygen atoms in total. The van der Waals surface area contributed by atoms with E-state index in [1.165, 1.54) is 28.2 Å². The van der Waals surface area contributed by atoms with Crippen molar-refractivity contribution >= 4 is 10.8 Å². The van der Waals surface area contributed by atoms with Gasteiger partial charge in [-0.15, -0.1) is 0 Å². The van der Waals surface area contributed by atoms with Crippen LogP contribution in [0.1, 0.15) is 24.1 Å². The number of rotatable bonds is 6. The number of nitrogens with zero attached hydrogens (tertiary/aromatic N) is 3. The van der Waals surface area contributed by atoms with E-state index in [-0.39, 0.29) is 6.04 Å². The van der Waals surface area contributed by atoms with Gasteiger partial charge in [-0.05, 0) is 59.2 Å². The predicted octanol–water partition coefficient (Wildman–Crippen LogP) is 4.28. The van der Waals surface area contributed by atoms with Crippen LogP contribution in [-0.2, 0) is 6.54 Å². The highest BCUT2D eigenvalue weighted by molar-refractivity contribution is 5.84. The van der Waals surface area contributed by atoms with Gasteiger partial charge in [-0.2, -0.15) is 5.10 Å². The summed E-state index contributed by atoms with van der Waals surface area (Å²) in [7, 11) is 1.69. The average molecular weight is 358 g/mol. The van der Waals surface area contributed by atoms with E-state index in [1.807, 2.05) is 6.07 Å². The summed E-state index contributed by atoms with van der Waals surface area (Å²) >= 11 is 0. The molecule has 3 aromatic carbocycles. The summed E-state index contributed by atoms with van der Waals surface area (Å²) < 4.78 is 7.05. The molecule has 0 aliphatic heterocycles. The summed E-state index contributed by atoms with van der Waals surface area (Å²) in [4.78, 5) is 3.98. The average Bonchev–Trinajstić information content (AvgIpc) is 3.26. The van der Waals surface area contributed by atoms with Gasteiger partial charge in [-0.1, -0.05) is 30.3 Å². The first-order valence-corrected chi connectivity index (χ1v) is 8.98. The van der Waals surface area contributed by atoms with Crippen LogP contribution in [0.4, 0.5) is 0 Å². The minimum Gasteiger partial charge on any atom is -0.497 e. The molecule has 1 heterocycles. The van der Waals surface area contributed by atoms with Crippen molar-refractivity contribution in [3.05, 3.63) is 84.4 Å². The Labute approximate surface area is 158 Å². The number of nitrogens with one attached hydrogen (secondary N) is 1. The number of ether oxygens (including phenoxy) is 1. The third-order valence-electron chi connectivity index (χ3n) is 4.80. The Kier molecular flexibility index (Phi) is 4.85. The van der Waals surface area contributed by atoms with Gasteiger partial charge in [0.25, 0.3) is 0 Å². The first kappa shape index (κ1) is 17.2. The van der Waals surface area contributed by atoms with Crippen LogP contribution in [-0.4, -0.2) is 21.9 Å². The van der Waals surface area contributed by atoms with Crippen molar-refractivity contribution in [3.63, 3.8) is 0 Å². The molecule has 4 rings (SSSR count). The molecular weight excluding hydrogens is 336 g/mol. The van der Waals surface area contributed by atoms with Crippen molar-refractivity contribution < 1.29 is 4.74 Å². The minimum atomic E-state index is 0.251. The molecule has 0 saturated heterocycles. The fraction of sp³-hybridized carbons (Fsp3) is 0.182. The number of hydrogen-bond acceptors (Lipinski definition) is 4. The van der Waals surface area contributed by atoms with E-state index in [0.29, 0.717) is 0 Å². The van der Waals surface area contributed by atoms with Crippen LogP contribution in [0.3, 0.4) is 0 Å². The Bertz CT molecular complexity index is 1030. The number of benzene rings is 3. The van der Waals surface area contributed by atoms with Gasteiger partial charge < -0.3 is 10.1 Å². The second-order valence-electron chi connectivity index (χ2n) is 6.58. The highest BCUT2D eigenvalue weighted by Crippen LogP contribution is 2.22. The fourth-order valence-corrected chi connectivity index (χ4v) is 3.16. The quantitative estimate of drug-likeness (QED) is 0.559. The molecular formula is C22H22N4O. The molecule has 27 heavy (non-hydrogen) atoms. The van der Waals surface area contributed by atoms with Gasteiger partial charge in [-0.3, -0.25) is 0 Å². The van der Waals surface area contributed by atoms with Crippen LogP contribution < -0.4 is 10.1 Å². The topological polar surface area (TPSA) is 52.0 Å². The molecule has 136 valence electrons. The zero-order valence-corrected chi connectivity index (χ0v) is 15.5. The van der Waals surface area contributed by atoms with E-state index in [9.17, 15) is 0 Å². The lowest BCUT2D eigenvalue weighted by Crippen LogP contribution is -2.18. The molecule has 1 atom stereocenters. The van der Waals surface area contributed by atoms with Gasteiger partial charge in [0, 0.05) is 12.6 Å². The van der Waals surface area contributed by atoms with Crippen molar-refractivity contribution in [1.29, 1.82) is 0 Å². The zero-order chi connectivity index (χ0) is 18.6. The standard InChI is InChI=1S/C22H22N4O/c1-16(18-5-8-21(9-6-18)26-15-23-14-25-26)24-13-17-3-4-20-12-22(27-2)10-7-19(20)11-17/h3-12,14-16,24H,13H2,1-2H3/t16-/m1/s1. The molecule has 0 amide bonds. The SMILES string of the molecule is COc1ccc2cc(CN[C@H](C)c3ccc(-n4cncn4)cc3)ccc2c1.